The summed E-state index contributed by atoms with van der Waals surface area (Å²) in [4.78, 5) is 43.2. The van der Waals surface area contributed by atoms with Gasteiger partial charge in [-0.1, -0.05) is 60.7 Å². The molecule has 0 radical (unpaired) electrons. The zero-order valence-electron chi connectivity index (χ0n) is 47.1. The summed E-state index contributed by atoms with van der Waals surface area (Å²) in [7, 11) is -7.88. The lowest BCUT2D eigenvalue weighted by molar-refractivity contribution is -0.367. The molecule has 8 unspecified atom stereocenters. The van der Waals surface area contributed by atoms with Gasteiger partial charge in [-0.15, -0.1) is 0 Å². The summed E-state index contributed by atoms with van der Waals surface area (Å²) in [5.74, 6) is 2.82. The lowest BCUT2D eigenvalue weighted by Gasteiger charge is -2.46. The molecule has 0 spiro atoms. The van der Waals surface area contributed by atoms with Crippen molar-refractivity contribution in [2.24, 2.45) is 5.90 Å². The van der Waals surface area contributed by atoms with Gasteiger partial charge in [0.05, 0.1) is 52.9 Å². The standard InChI is InChI=1S/C51H78N4O31P2/c52-76-25-34(59)55-28(47(70)54-16-8-18-75-51-45(41(66)35(60)30(20-57)82-51)85-48-43(68)39(64)37(62)31(83-48)23-77-87(71)72)13-14-33(58)53-15-7-17-74-50-46(42(67)36(61)29(19-56)81-50)86-49-44(69)40(65)38(63)32(84-49)24-80-88(73,78-21-26-9-3-1-4-10-26)79-22-27-11-5-2-6-12-27/h1-6,9-12,28-32,35-46,48-51,56-57,60-69H,7-8,13-25,52H2,(H,53,58)(H,54,70)(H,55,59)/t28-,29?,30?,31?,32?,35-,36+,37-,38+,39+,40?,41+,42?,43?,44+,45?,46+,48-,49+,50-,51+/m1/s1. The predicted molar refractivity (Wildman–Crippen MR) is 287 cm³/mol. The zero-order valence-corrected chi connectivity index (χ0v) is 48.9. The fraction of sp³-hybridized carbons (Fsp3) is 0.706. The van der Waals surface area contributed by atoms with Crippen LogP contribution in [0, 0.1) is 0 Å². The summed E-state index contributed by atoms with van der Waals surface area (Å²) in [6, 6.07) is 15.9. The van der Waals surface area contributed by atoms with Crippen molar-refractivity contribution in [3.05, 3.63) is 71.8 Å². The summed E-state index contributed by atoms with van der Waals surface area (Å²) in [5.41, 5.74) is 1.23. The van der Waals surface area contributed by atoms with Crippen LogP contribution in [0.15, 0.2) is 60.7 Å². The van der Waals surface area contributed by atoms with Gasteiger partial charge in [0.15, 0.2) is 25.2 Å². The van der Waals surface area contributed by atoms with Crippen molar-refractivity contribution >= 4 is 33.5 Å². The van der Waals surface area contributed by atoms with Crippen LogP contribution in [-0.2, 0) is 102 Å². The second kappa shape index (κ2) is 36.3. The van der Waals surface area contributed by atoms with Crippen LogP contribution in [0.1, 0.15) is 36.8 Å². The van der Waals surface area contributed by atoms with Crippen LogP contribution in [-0.4, -0.2) is 267 Å². The largest absolute Gasteiger partial charge is 0.475 e. The van der Waals surface area contributed by atoms with E-state index in [1.807, 2.05) is 0 Å². The van der Waals surface area contributed by atoms with Crippen molar-refractivity contribution in [3.8, 4) is 0 Å². The number of ether oxygens (including phenoxy) is 8. The van der Waals surface area contributed by atoms with E-state index in [-0.39, 0.29) is 65.2 Å². The van der Waals surface area contributed by atoms with E-state index < -0.39 is 195 Å². The molecule has 2 aromatic carbocycles. The molecular formula is C51H78N4O31P2. The van der Waals surface area contributed by atoms with E-state index in [1.54, 1.807) is 60.7 Å². The lowest BCUT2D eigenvalue weighted by Crippen LogP contribution is -2.64. The van der Waals surface area contributed by atoms with Crippen molar-refractivity contribution in [3.63, 3.8) is 0 Å². The third-order valence-electron chi connectivity index (χ3n) is 14.1. The maximum absolute atomic E-state index is 14.0. The Balaban J connectivity index is 0.977. The first-order valence-electron chi connectivity index (χ1n) is 27.8. The number of hydrogen-bond donors (Lipinski definition) is 16. The minimum Gasteiger partial charge on any atom is -0.394 e. The highest BCUT2D eigenvalue weighted by Crippen LogP contribution is 2.51. The van der Waals surface area contributed by atoms with Crippen LogP contribution in [0.4, 0.5) is 0 Å². The van der Waals surface area contributed by atoms with E-state index in [1.165, 1.54) is 0 Å². The first kappa shape index (κ1) is 73.0. The van der Waals surface area contributed by atoms with Crippen LogP contribution in [0.3, 0.4) is 0 Å². The molecular weight excluding hydrogens is 1230 g/mol. The van der Waals surface area contributed by atoms with Gasteiger partial charge in [-0.2, -0.15) is 0 Å². The molecule has 0 aliphatic carbocycles. The molecule has 3 amide bonds. The summed E-state index contributed by atoms with van der Waals surface area (Å²) in [5, 5.41) is 135. The van der Waals surface area contributed by atoms with Gasteiger partial charge >= 0.3 is 15.7 Å². The summed E-state index contributed by atoms with van der Waals surface area (Å²) in [6.45, 7) is -5.07. The molecule has 0 bridgehead atoms. The Morgan fingerprint density at radius 1 is 0.557 bits per heavy atom. The van der Waals surface area contributed by atoms with Gasteiger partial charge in [0, 0.05) is 19.5 Å². The second-order valence-electron chi connectivity index (χ2n) is 20.5. The summed E-state index contributed by atoms with van der Waals surface area (Å²) in [6.07, 6.45) is -36.1. The number of nitrogens with one attached hydrogen (secondary N) is 3. The number of phosphoric ester groups is 1. The number of aliphatic hydroxyl groups excluding tert-OH is 12. The van der Waals surface area contributed by atoms with Crippen molar-refractivity contribution in [2.75, 3.05) is 59.3 Å². The van der Waals surface area contributed by atoms with Gasteiger partial charge in [0.2, 0.25) is 17.7 Å². The van der Waals surface area contributed by atoms with E-state index >= 15 is 0 Å². The fourth-order valence-electron chi connectivity index (χ4n) is 9.23. The van der Waals surface area contributed by atoms with Crippen LogP contribution >= 0.6 is 15.7 Å². The molecule has 0 saturated carbocycles. The Morgan fingerprint density at radius 3 is 1.45 bits per heavy atom. The highest BCUT2D eigenvalue weighted by atomic mass is 31.2. The average Bonchev–Trinajstić information content (AvgIpc) is 2.10. The Bertz CT molecular complexity index is 2490. The number of phosphoric acid groups is 1. The third kappa shape index (κ3) is 21.2. The van der Waals surface area contributed by atoms with Gasteiger partial charge in [-0.25, -0.2) is 19.6 Å². The monoisotopic (exact) mass is 1300 g/mol. The molecule has 17 N–H and O–H groups in total. The molecule has 37 heteroatoms. The molecule has 35 nitrogen and oxygen atoms in total. The van der Waals surface area contributed by atoms with Gasteiger partial charge in [-0.3, -0.25) is 37.3 Å². The predicted octanol–water partition coefficient (Wildman–Crippen LogP) is -5.89. The van der Waals surface area contributed by atoms with Crippen molar-refractivity contribution in [1.82, 2.24) is 16.0 Å². The number of hydrogen-bond acceptors (Lipinski definition) is 32. The highest BCUT2D eigenvalue weighted by Gasteiger charge is 2.53. The first-order chi connectivity index (χ1) is 42.1. The van der Waals surface area contributed by atoms with Gasteiger partial charge in [-0.05, 0) is 30.4 Å². The van der Waals surface area contributed by atoms with E-state index in [4.69, 9.17) is 57.4 Å². The molecule has 88 heavy (non-hydrogen) atoms. The maximum Gasteiger partial charge on any atom is 0.475 e. The van der Waals surface area contributed by atoms with Crippen LogP contribution in [0.25, 0.3) is 0 Å². The Hall–Kier alpha value is -4.06. The zero-order chi connectivity index (χ0) is 64.1. The number of aliphatic hydroxyl groups is 12. The minimum absolute atomic E-state index is 0.0155. The van der Waals surface area contributed by atoms with E-state index in [0.29, 0.717) is 11.1 Å². The number of nitrogens with two attached hydrogens (primary N) is 1. The van der Waals surface area contributed by atoms with Crippen LogP contribution < -0.4 is 21.8 Å². The molecule has 4 fully saturated rings. The molecule has 498 valence electrons. The molecule has 4 aliphatic heterocycles. The van der Waals surface area contributed by atoms with Gasteiger partial charge < -0.3 is 115 Å². The molecule has 4 heterocycles. The molecule has 2 aromatic rings. The minimum atomic E-state index is -4.47. The Kier molecular flexibility index (Phi) is 30.1. The number of benzene rings is 2. The maximum atomic E-state index is 14.0. The first-order valence-corrected chi connectivity index (χ1v) is 30.4. The third-order valence-corrected chi connectivity index (χ3v) is 15.8. The average molecular weight is 1310 g/mol. The van der Waals surface area contributed by atoms with Crippen LogP contribution in [0.5, 0.6) is 0 Å². The number of carbonyl (C=O) groups is 3. The summed E-state index contributed by atoms with van der Waals surface area (Å²) >= 11 is 0. The molecule has 21 atom stereocenters. The van der Waals surface area contributed by atoms with Crippen molar-refractivity contribution in [1.29, 1.82) is 0 Å². The SMILES string of the molecule is NOCC(=O)N[C@H](CCC(=O)NCCCO[C@@H]1OC(CO)[C@H](O)C(O)[C@@H]1O[C@@H]1OC(COP(=O)(OCc2ccccc2)OCc2ccccc2)[C@H](O)C(O)[C@@H]1O)C(=O)NCCCO[C@H]1OC(CO)[C@@H](O)[C@H](O)C1O[C@H]1OC(COP(=O)=O)[C@@H](O)[C@H](O)C1O. The van der Waals surface area contributed by atoms with Crippen molar-refractivity contribution in [2.45, 2.75) is 168 Å². The molecule has 0 aromatic heterocycles. The number of amides is 3. The number of carbonyl (C=O) groups excluding carboxylic acids is 3. The Labute approximate surface area is 503 Å². The topological polar surface area (TPSA) is 527 Å². The summed E-state index contributed by atoms with van der Waals surface area (Å²) < 4.78 is 103. The van der Waals surface area contributed by atoms with E-state index in [0.717, 1.165) is 0 Å². The number of rotatable bonds is 35. The quantitative estimate of drug-likeness (QED) is 0.0174. The normalized spacial score (nSPS) is 33.1. The lowest BCUT2D eigenvalue weighted by atomic mass is 9.97. The second-order valence-corrected chi connectivity index (χ2v) is 22.9. The molecule has 4 saturated heterocycles. The van der Waals surface area contributed by atoms with E-state index in [9.17, 15) is 89.4 Å². The fourth-order valence-corrected chi connectivity index (χ4v) is 10.7. The van der Waals surface area contributed by atoms with Crippen molar-refractivity contribution < 1.29 is 150 Å². The molecule has 6 rings (SSSR count). The smallest absolute Gasteiger partial charge is 0.394 e. The molecule has 4 aliphatic rings. The van der Waals surface area contributed by atoms with E-state index in [2.05, 4.69) is 25.3 Å². The van der Waals surface area contributed by atoms with Gasteiger partial charge in [0.25, 0.3) is 0 Å². The highest BCUT2D eigenvalue weighted by molar-refractivity contribution is 7.48. The van der Waals surface area contributed by atoms with Gasteiger partial charge in [0.1, 0.15) is 110 Å². The Morgan fingerprint density at radius 2 is 1.00 bits per heavy atom. The van der Waals surface area contributed by atoms with Crippen LogP contribution in [0.2, 0.25) is 0 Å².